The van der Waals surface area contributed by atoms with Crippen LogP contribution in [0.2, 0.25) is 0 Å². The monoisotopic (exact) mass is 437 g/mol. The predicted molar refractivity (Wildman–Crippen MR) is 125 cm³/mol. The van der Waals surface area contributed by atoms with E-state index in [9.17, 15) is 9.59 Å². The van der Waals surface area contributed by atoms with Crippen LogP contribution in [0.1, 0.15) is 38.6 Å². The molecule has 170 valence electrons. The molecule has 32 heavy (non-hydrogen) atoms. The van der Waals surface area contributed by atoms with E-state index in [1.165, 1.54) is 0 Å². The van der Waals surface area contributed by atoms with Crippen LogP contribution in [-0.4, -0.2) is 47.2 Å². The minimum atomic E-state index is -0.351. The van der Waals surface area contributed by atoms with Crippen molar-refractivity contribution in [3.8, 4) is 5.75 Å². The molecule has 0 fully saturated rings. The zero-order valence-corrected chi connectivity index (χ0v) is 19.0. The van der Waals surface area contributed by atoms with Crippen molar-refractivity contribution in [3.05, 3.63) is 70.8 Å². The zero-order valence-electron chi connectivity index (χ0n) is 19.0. The first-order chi connectivity index (χ1) is 15.6. The zero-order chi connectivity index (χ0) is 22.9. The number of methoxy groups -OCH3 is 1. The summed E-state index contributed by atoms with van der Waals surface area (Å²) in [5.41, 5.74) is 0.509. The summed E-state index contributed by atoms with van der Waals surface area (Å²) in [6, 6.07) is 16.2. The normalized spacial score (nSPS) is 12.0. The first-order valence-electron chi connectivity index (χ1n) is 11.1. The number of rotatable bonds is 11. The number of carbonyl (C=O) groups excluding carboxylic acids is 1. The highest BCUT2D eigenvalue weighted by atomic mass is 16.5. The Kier molecular flexibility index (Phi) is 8.39. The van der Waals surface area contributed by atoms with Gasteiger partial charge in [-0.1, -0.05) is 44.2 Å². The van der Waals surface area contributed by atoms with Crippen molar-refractivity contribution in [2.45, 2.75) is 39.3 Å². The summed E-state index contributed by atoms with van der Waals surface area (Å²) in [5, 5.41) is 0.558. The largest absolute Gasteiger partial charge is 0.484 e. The third-order valence-corrected chi connectivity index (χ3v) is 5.36. The third-order valence-electron chi connectivity index (χ3n) is 5.36. The molecule has 7 heteroatoms. The lowest BCUT2D eigenvalue weighted by atomic mass is 10.1. The van der Waals surface area contributed by atoms with Gasteiger partial charge >= 0.3 is 0 Å². The van der Waals surface area contributed by atoms with Gasteiger partial charge in [0.1, 0.15) is 11.6 Å². The molecule has 2 aromatic carbocycles. The molecule has 3 aromatic rings. The number of nitrogens with zero attached hydrogens (tertiary/aromatic N) is 3. The maximum Gasteiger partial charge on any atom is 0.261 e. The minimum Gasteiger partial charge on any atom is -0.484 e. The standard InChI is InChI=1S/C25H31N3O4/c1-4-15-27(23(29)18-32-19-11-7-6-8-12-19)22(5-2)24-26-21-14-10-9-13-20(21)25(30)28(24)16-17-31-3/h6-14,22H,4-5,15-18H2,1-3H3. The molecular weight excluding hydrogens is 406 g/mol. The highest BCUT2D eigenvalue weighted by Gasteiger charge is 2.28. The number of para-hydroxylation sites is 2. The molecule has 0 spiro atoms. The van der Waals surface area contributed by atoms with Crippen molar-refractivity contribution < 1.29 is 14.3 Å². The van der Waals surface area contributed by atoms with Crippen LogP contribution >= 0.6 is 0 Å². The van der Waals surface area contributed by atoms with E-state index in [1.807, 2.05) is 62.4 Å². The summed E-state index contributed by atoms with van der Waals surface area (Å²) in [4.78, 5) is 33.1. The Labute approximate surface area is 188 Å². The molecule has 0 aliphatic heterocycles. The molecule has 1 aromatic heterocycles. The van der Waals surface area contributed by atoms with Crippen molar-refractivity contribution in [2.24, 2.45) is 0 Å². The van der Waals surface area contributed by atoms with Crippen LogP contribution in [0, 0.1) is 0 Å². The molecule has 0 saturated carbocycles. The van der Waals surface area contributed by atoms with E-state index < -0.39 is 0 Å². The van der Waals surface area contributed by atoms with E-state index in [4.69, 9.17) is 14.5 Å². The highest BCUT2D eigenvalue weighted by Crippen LogP contribution is 2.24. The van der Waals surface area contributed by atoms with Crippen LogP contribution in [0.3, 0.4) is 0 Å². The third kappa shape index (κ3) is 5.34. The molecule has 3 rings (SSSR count). The lowest BCUT2D eigenvalue weighted by Gasteiger charge is -2.32. The van der Waals surface area contributed by atoms with Gasteiger partial charge in [0.25, 0.3) is 11.5 Å². The lowest BCUT2D eigenvalue weighted by molar-refractivity contribution is -0.136. The molecule has 1 heterocycles. The quantitative estimate of drug-likeness (QED) is 0.456. The number of benzene rings is 2. The number of aromatic nitrogens is 2. The fraction of sp³-hybridized carbons (Fsp3) is 0.400. The van der Waals surface area contributed by atoms with Gasteiger partial charge in [-0.2, -0.15) is 0 Å². The maximum absolute atomic E-state index is 13.3. The average molecular weight is 438 g/mol. The van der Waals surface area contributed by atoms with Crippen LogP contribution in [0.15, 0.2) is 59.4 Å². The smallest absolute Gasteiger partial charge is 0.261 e. The first kappa shape index (κ1) is 23.5. The van der Waals surface area contributed by atoms with Gasteiger partial charge in [0.15, 0.2) is 6.61 Å². The molecule has 0 saturated heterocycles. The second-order valence-electron chi connectivity index (χ2n) is 7.55. The fourth-order valence-corrected chi connectivity index (χ4v) is 3.82. The SMILES string of the molecule is CCCN(C(=O)COc1ccccc1)C(CC)c1nc2ccccc2c(=O)n1CCOC. The highest BCUT2D eigenvalue weighted by molar-refractivity contribution is 5.79. The molecular formula is C25H31N3O4. The van der Waals surface area contributed by atoms with Crippen molar-refractivity contribution in [1.29, 1.82) is 0 Å². The van der Waals surface area contributed by atoms with Gasteiger partial charge in [0.2, 0.25) is 0 Å². The van der Waals surface area contributed by atoms with Gasteiger partial charge < -0.3 is 14.4 Å². The first-order valence-corrected chi connectivity index (χ1v) is 11.1. The van der Waals surface area contributed by atoms with E-state index in [0.29, 0.717) is 48.6 Å². The molecule has 0 bridgehead atoms. The fourth-order valence-electron chi connectivity index (χ4n) is 3.82. The van der Waals surface area contributed by atoms with E-state index >= 15 is 0 Å². The number of amides is 1. The van der Waals surface area contributed by atoms with Gasteiger partial charge in [-0.25, -0.2) is 4.98 Å². The minimum absolute atomic E-state index is 0.0730. The summed E-state index contributed by atoms with van der Waals surface area (Å²) in [6.45, 7) is 5.24. The number of hydrogen-bond donors (Lipinski definition) is 0. The van der Waals surface area contributed by atoms with Gasteiger partial charge in [-0.3, -0.25) is 14.2 Å². The molecule has 0 radical (unpaired) electrons. The van der Waals surface area contributed by atoms with Crippen LogP contribution in [0.4, 0.5) is 0 Å². The molecule has 0 N–H and O–H groups in total. The number of fused-ring (bicyclic) bond motifs is 1. The van der Waals surface area contributed by atoms with Crippen molar-refractivity contribution in [2.75, 3.05) is 26.9 Å². The second-order valence-corrected chi connectivity index (χ2v) is 7.55. The van der Waals surface area contributed by atoms with Crippen molar-refractivity contribution in [3.63, 3.8) is 0 Å². The van der Waals surface area contributed by atoms with E-state index in [2.05, 4.69) is 0 Å². The molecule has 7 nitrogen and oxygen atoms in total. The summed E-state index contributed by atoms with van der Waals surface area (Å²) < 4.78 is 12.6. The van der Waals surface area contributed by atoms with Crippen molar-refractivity contribution in [1.82, 2.24) is 14.5 Å². The number of carbonyl (C=O) groups is 1. The van der Waals surface area contributed by atoms with Crippen LogP contribution in [-0.2, 0) is 16.1 Å². The Balaban J connectivity index is 1.98. The topological polar surface area (TPSA) is 73.7 Å². The maximum atomic E-state index is 13.3. The number of hydrogen-bond acceptors (Lipinski definition) is 5. The number of ether oxygens (including phenoxy) is 2. The van der Waals surface area contributed by atoms with Crippen LogP contribution in [0.5, 0.6) is 5.75 Å². The summed E-state index contributed by atoms with van der Waals surface area (Å²) >= 11 is 0. The van der Waals surface area contributed by atoms with E-state index in [-0.39, 0.29) is 24.1 Å². The average Bonchev–Trinajstić information content (AvgIpc) is 2.83. The van der Waals surface area contributed by atoms with Gasteiger partial charge in [-0.15, -0.1) is 0 Å². The Morgan fingerprint density at radius 3 is 2.50 bits per heavy atom. The van der Waals surface area contributed by atoms with E-state index in [0.717, 1.165) is 6.42 Å². The van der Waals surface area contributed by atoms with Gasteiger partial charge in [-0.05, 0) is 37.1 Å². The Morgan fingerprint density at radius 1 is 1.09 bits per heavy atom. The Morgan fingerprint density at radius 2 is 1.81 bits per heavy atom. The molecule has 1 amide bonds. The predicted octanol–water partition coefficient (Wildman–Crippen LogP) is 3.81. The molecule has 0 aliphatic rings. The second kappa shape index (κ2) is 11.4. The lowest BCUT2D eigenvalue weighted by Crippen LogP contribution is -2.41. The van der Waals surface area contributed by atoms with Crippen LogP contribution < -0.4 is 10.3 Å². The van der Waals surface area contributed by atoms with Gasteiger partial charge in [0.05, 0.1) is 30.1 Å². The summed E-state index contributed by atoms with van der Waals surface area (Å²) in [6.07, 6.45) is 1.40. The van der Waals surface area contributed by atoms with Gasteiger partial charge in [0, 0.05) is 13.7 Å². The molecule has 1 unspecified atom stereocenters. The summed E-state index contributed by atoms with van der Waals surface area (Å²) in [5.74, 6) is 1.09. The Hall–Kier alpha value is -3.19. The van der Waals surface area contributed by atoms with E-state index in [1.54, 1.807) is 22.6 Å². The Bertz CT molecular complexity index is 1080. The summed E-state index contributed by atoms with van der Waals surface area (Å²) in [7, 11) is 1.60. The van der Waals surface area contributed by atoms with Crippen molar-refractivity contribution >= 4 is 16.8 Å². The molecule has 1 atom stereocenters. The van der Waals surface area contributed by atoms with Crippen LogP contribution in [0.25, 0.3) is 10.9 Å². The molecule has 0 aliphatic carbocycles.